The lowest BCUT2D eigenvalue weighted by molar-refractivity contribution is 0.406. The molecule has 0 aliphatic rings. The van der Waals surface area contributed by atoms with E-state index in [1.165, 1.54) is 5.56 Å². The molecule has 2 aromatic rings. The summed E-state index contributed by atoms with van der Waals surface area (Å²) in [7, 11) is 0. The predicted molar refractivity (Wildman–Crippen MR) is 105 cm³/mol. The van der Waals surface area contributed by atoms with E-state index in [-0.39, 0.29) is 5.41 Å². The lowest BCUT2D eigenvalue weighted by atomic mass is 9.76. The first-order valence-electron chi connectivity index (χ1n) is 9.27. The zero-order valence-electron chi connectivity index (χ0n) is 15.7. The zero-order chi connectivity index (χ0) is 18.0. The summed E-state index contributed by atoms with van der Waals surface area (Å²) in [6.45, 7) is 9.93. The van der Waals surface area contributed by atoms with E-state index in [0.29, 0.717) is 0 Å². The number of nitrogens with zero attached hydrogens (tertiary/aromatic N) is 3. The molecule has 0 amide bonds. The largest absolute Gasteiger partial charge is 0.357 e. The van der Waals surface area contributed by atoms with Crippen LogP contribution in [0.15, 0.2) is 54.0 Å². The molecule has 5 heteroatoms. The van der Waals surface area contributed by atoms with Crippen LogP contribution < -0.4 is 10.6 Å². The number of hydrogen-bond donors (Lipinski definition) is 2. The second-order valence-corrected chi connectivity index (χ2v) is 6.28. The van der Waals surface area contributed by atoms with Crippen LogP contribution in [0.1, 0.15) is 39.2 Å². The quantitative estimate of drug-likeness (QED) is 0.544. The van der Waals surface area contributed by atoms with Crippen LogP contribution in [-0.4, -0.2) is 35.1 Å². The monoisotopic (exact) mass is 341 g/mol. The van der Waals surface area contributed by atoms with Gasteiger partial charge >= 0.3 is 0 Å². The van der Waals surface area contributed by atoms with Crippen molar-refractivity contribution in [1.29, 1.82) is 0 Å². The number of nitrogens with one attached hydrogen (secondary N) is 2. The van der Waals surface area contributed by atoms with Crippen molar-refractivity contribution in [3.63, 3.8) is 0 Å². The molecule has 0 saturated heterocycles. The molecule has 0 aliphatic heterocycles. The predicted octanol–water partition coefficient (Wildman–Crippen LogP) is 3.20. The molecule has 2 N–H and O–H groups in total. The Morgan fingerprint density at radius 3 is 2.48 bits per heavy atom. The van der Waals surface area contributed by atoms with Crippen LogP contribution >= 0.6 is 0 Å². The van der Waals surface area contributed by atoms with Gasteiger partial charge in [0, 0.05) is 37.4 Å². The molecule has 0 atom stereocenters. The van der Waals surface area contributed by atoms with Crippen LogP contribution in [0.25, 0.3) is 0 Å². The van der Waals surface area contributed by atoms with Crippen LogP contribution in [0.2, 0.25) is 0 Å². The molecule has 1 heterocycles. The molecule has 25 heavy (non-hydrogen) atoms. The van der Waals surface area contributed by atoms with Gasteiger partial charge in [-0.05, 0) is 25.3 Å². The van der Waals surface area contributed by atoms with Crippen molar-refractivity contribution in [1.82, 2.24) is 20.2 Å². The molecule has 5 nitrogen and oxygen atoms in total. The molecule has 0 saturated carbocycles. The summed E-state index contributed by atoms with van der Waals surface area (Å²) in [5.74, 6) is 0.879. The average Bonchev–Trinajstić information content (AvgIpc) is 3.17. The third kappa shape index (κ3) is 5.34. The van der Waals surface area contributed by atoms with Crippen LogP contribution in [-0.2, 0) is 12.0 Å². The molecule has 1 aromatic heterocycles. The third-order valence-electron chi connectivity index (χ3n) is 4.85. The fourth-order valence-corrected chi connectivity index (χ4v) is 3.06. The van der Waals surface area contributed by atoms with Gasteiger partial charge in [0.15, 0.2) is 5.96 Å². The summed E-state index contributed by atoms with van der Waals surface area (Å²) in [6.07, 6.45) is 7.76. The van der Waals surface area contributed by atoms with E-state index < -0.39 is 0 Å². The first-order valence-corrected chi connectivity index (χ1v) is 9.27. The van der Waals surface area contributed by atoms with E-state index >= 15 is 0 Å². The molecular formula is C20H31N5. The number of hydrogen-bond acceptors (Lipinski definition) is 2. The minimum atomic E-state index is 0.0912. The Morgan fingerprint density at radius 1 is 1.12 bits per heavy atom. The maximum absolute atomic E-state index is 4.89. The van der Waals surface area contributed by atoms with Gasteiger partial charge in [0.2, 0.25) is 0 Å². The fourth-order valence-electron chi connectivity index (χ4n) is 3.06. The molecule has 0 unspecified atom stereocenters. The Bertz CT molecular complexity index is 615. The van der Waals surface area contributed by atoms with Crippen molar-refractivity contribution in [3.05, 3.63) is 54.6 Å². The van der Waals surface area contributed by atoms with Crippen molar-refractivity contribution >= 4 is 5.96 Å². The van der Waals surface area contributed by atoms with Gasteiger partial charge in [-0.1, -0.05) is 44.2 Å². The van der Waals surface area contributed by atoms with Gasteiger partial charge < -0.3 is 15.2 Å². The highest BCUT2D eigenvalue weighted by atomic mass is 15.2. The average molecular weight is 342 g/mol. The topological polar surface area (TPSA) is 54.2 Å². The molecule has 2 rings (SSSR count). The van der Waals surface area contributed by atoms with Gasteiger partial charge in [-0.2, -0.15) is 0 Å². The summed E-state index contributed by atoms with van der Waals surface area (Å²) in [5, 5.41) is 6.77. The maximum atomic E-state index is 4.89. The molecule has 0 fully saturated rings. The molecular weight excluding hydrogens is 310 g/mol. The van der Waals surface area contributed by atoms with Crippen molar-refractivity contribution in [2.75, 3.05) is 19.6 Å². The number of aliphatic imine (C=N–C) groups is 1. The van der Waals surface area contributed by atoms with E-state index in [0.717, 1.165) is 45.0 Å². The van der Waals surface area contributed by atoms with Crippen LogP contribution in [0.5, 0.6) is 0 Å². The number of aromatic nitrogens is 2. The number of guanidine groups is 1. The van der Waals surface area contributed by atoms with Crippen LogP contribution in [0, 0.1) is 0 Å². The summed E-state index contributed by atoms with van der Waals surface area (Å²) >= 11 is 0. The Balaban J connectivity index is 2.03. The van der Waals surface area contributed by atoms with E-state index in [1.54, 1.807) is 6.20 Å². The molecule has 0 radical (unpaired) electrons. The fraction of sp³-hybridized carbons (Fsp3) is 0.500. The molecule has 1 aromatic carbocycles. The highest BCUT2D eigenvalue weighted by Gasteiger charge is 2.28. The Labute approximate surface area is 151 Å². The van der Waals surface area contributed by atoms with Gasteiger partial charge in [0.1, 0.15) is 0 Å². The lowest BCUT2D eigenvalue weighted by Crippen LogP contribution is -2.40. The SMILES string of the molecule is CCNC(=NCC(CC)(CC)c1ccccc1)NCCn1ccnc1. The van der Waals surface area contributed by atoms with Gasteiger partial charge in [0.25, 0.3) is 0 Å². The van der Waals surface area contributed by atoms with Crippen molar-refractivity contribution in [3.8, 4) is 0 Å². The number of rotatable bonds is 9. The van der Waals surface area contributed by atoms with Crippen molar-refractivity contribution in [2.24, 2.45) is 4.99 Å². The molecule has 0 bridgehead atoms. The van der Waals surface area contributed by atoms with Gasteiger partial charge in [-0.3, -0.25) is 4.99 Å². The van der Waals surface area contributed by atoms with E-state index in [4.69, 9.17) is 4.99 Å². The second-order valence-electron chi connectivity index (χ2n) is 6.28. The minimum Gasteiger partial charge on any atom is -0.357 e. The van der Waals surface area contributed by atoms with Crippen molar-refractivity contribution in [2.45, 2.75) is 45.6 Å². The molecule has 0 spiro atoms. The van der Waals surface area contributed by atoms with E-state index in [2.05, 4.69) is 71.3 Å². The normalized spacial score (nSPS) is 12.2. The first-order chi connectivity index (χ1) is 12.2. The molecule has 0 aliphatic carbocycles. The maximum Gasteiger partial charge on any atom is 0.191 e. The minimum absolute atomic E-state index is 0.0912. The zero-order valence-corrected chi connectivity index (χ0v) is 15.7. The van der Waals surface area contributed by atoms with E-state index in [9.17, 15) is 0 Å². The summed E-state index contributed by atoms with van der Waals surface area (Å²) in [4.78, 5) is 8.96. The standard InChI is InChI=1S/C20H31N5/c1-4-20(5-2,18-10-8-7-9-11-18)16-24-19(22-6-3)23-13-15-25-14-12-21-17-25/h7-12,14,17H,4-6,13,15-16H2,1-3H3,(H2,22,23,24). The smallest absolute Gasteiger partial charge is 0.191 e. The highest BCUT2D eigenvalue weighted by Crippen LogP contribution is 2.31. The summed E-state index contributed by atoms with van der Waals surface area (Å²) < 4.78 is 2.06. The van der Waals surface area contributed by atoms with E-state index in [1.807, 2.05) is 12.5 Å². The lowest BCUT2D eigenvalue weighted by Gasteiger charge is -2.31. The third-order valence-corrected chi connectivity index (χ3v) is 4.85. The van der Waals surface area contributed by atoms with Gasteiger partial charge in [0.05, 0.1) is 12.9 Å². The van der Waals surface area contributed by atoms with Crippen LogP contribution in [0.3, 0.4) is 0 Å². The van der Waals surface area contributed by atoms with Gasteiger partial charge in [-0.25, -0.2) is 4.98 Å². The first kappa shape index (κ1) is 19.0. The molecule has 136 valence electrons. The van der Waals surface area contributed by atoms with Crippen LogP contribution in [0.4, 0.5) is 0 Å². The summed E-state index contributed by atoms with van der Waals surface area (Å²) in [6, 6.07) is 10.8. The summed E-state index contributed by atoms with van der Waals surface area (Å²) in [5.41, 5.74) is 1.46. The second kappa shape index (κ2) is 9.87. The van der Waals surface area contributed by atoms with Gasteiger partial charge in [-0.15, -0.1) is 0 Å². The Morgan fingerprint density at radius 2 is 1.88 bits per heavy atom. The number of benzene rings is 1. The highest BCUT2D eigenvalue weighted by molar-refractivity contribution is 5.79. The Hall–Kier alpha value is -2.30. The Kier molecular flexibility index (Phi) is 7.51. The number of imidazole rings is 1. The van der Waals surface area contributed by atoms with Crippen molar-refractivity contribution < 1.29 is 0 Å².